The van der Waals surface area contributed by atoms with Crippen molar-refractivity contribution in [3.8, 4) is 5.75 Å². The molecule has 0 spiro atoms. The van der Waals surface area contributed by atoms with Gasteiger partial charge in [-0.05, 0) is 12.1 Å². The van der Waals surface area contributed by atoms with Crippen LogP contribution in [-0.4, -0.2) is 24.9 Å². The summed E-state index contributed by atoms with van der Waals surface area (Å²) in [6, 6.07) is 4.10. The third-order valence-corrected chi connectivity index (χ3v) is 2.85. The summed E-state index contributed by atoms with van der Waals surface area (Å²) in [5.41, 5.74) is 0.0463. The molecular formula is C8H10O4S. The van der Waals surface area contributed by atoms with E-state index in [2.05, 4.69) is 0 Å². The lowest BCUT2D eigenvalue weighted by atomic mass is 10.2. The van der Waals surface area contributed by atoms with Crippen molar-refractivity contribution in [1.82, 2.24) is 0 Å². The predicted octanol–water partition coefficient (Wildman–Crippen LogP) is 0.288. The highest BCUT2D eigenvalue weighted by atomic mass is 32.2. The van der Waals surface area contributed by atoms with Crippen LogP contribution in [0.1, 0.15) is 5.56 Å². The van der Waals surface area contributed by atoms with E-state index in [4.69, 9.17) is 5.11 Å². The Balaban J connectivity index is 3.47. The Morgan fingerprint density at radius 3 is 2.38 bits per heavy atom. The number of phenols is 1. The van der Waals surface area contributed by atoms with E-state index in [1.165, 1.54) is 18.2 Å². The maximum absolute atomic E-state index is 11.1. The SMILES string of the molecule is CS(=O)(=O)c1cccc(O)c1CO. The first-order chi connectivity index (χ1) is 5.96. The molecule has 0 saturated heterocycles. The minimum atomic E-state index is -3.39. The van der Waals surface area contributed by atoms with Crippen LogP contribution < -0.4 is 0 Å². The molecule has 72 valence electrons. The van der Waals surface area contributed by atoms with E-state index >= 15 is 0 Å². The molecule has 0 aliphatic rings. The molecule has 1 aromatic carbocycles. The van der Waals surface area contributed by atoms with Gasteiger partial charge in [0, 0.05) is 11.8 Å². The third kappa shape index (κ3) is 1.99. The topological polar surface area (TPSA) is 74.6 Å². The van der Waals surface area contributed by atoms with E-state index in [1.54, 1.807) is 0 Å². The van der Waals surface area contributed by atoms with E-state index in [1.807, 2.05) is 0 Å². The number of benzene rings is 1. The zero-order valence-corrected chi connectivity index (χ0v) is 7.87. The summed E-state index contributed by atoms with van der Waals surface area (Å²) in [6.45, 7) is -0.491. The van der Waals surface area contributed by atoms with E-state index < -0.39 is 16.4 Å². The molecule has 4 nitrogen and oxygen atoms in total. The summed E-state index contributed by atoms with van der Waals surface area (Å²) in [6.07, 6.45) is 1.03. The highest BCUT2D eigenvalue weighted by Gasteiger charge is 2.14. The molecule has 0 fully saturated rings. The molecule has 0 radical (unpaired) electrons. The van der Waals surface area contributed by atoms with Crippen LogP contribution in [0.15, 0.2) is 23.1 Å². The lowest BCUT2D eigenvalue weighted by Crippen LogP contribution is -2.02. The van der Waals surface area contributed by atoms with Crippen LogP contribution in [-0.2, 0) is 16.4 Å². The van der Waals surface area contributed by atoms with Gasteiger partial charge in [-0.3, -0.25) is 0 Å². The van der Waals surface area contributed by atoms with E-state index in [0.29, 0.717) is 0 Å². The lowest BCUT2D eigenvalue weighted by Gasteiger charge is -2.06. The second-order valence-electron chi connectivity index (χ2n) is 2.68. The summed E-state index contributed by atoms with van der Waals surface area (Å²) >= 11 is 0. The maximum atomic E-state index is 11.1. The highest BCUT2D eigenvalue weighted by Crippen LogP contribution is 2.24. The number of hydrogen-bond acceptors (Lipinski definition) is 4. The molecule has 1 rings (SSSR count). The van der Waals surface area contributed by atoms with Crippen LogP contribution in [0.5, 0.6) is 5.75 Å². The van der Waals surface area contributed by atoms with Gasteiger partial charge in [0.15, 0.2) is 9.84 Å². The number of sulfone groups is 1. The van der Waals surface area contributed by atoms with Crippen LogP contribution >= 0.6 is 0 Å². The minimum Gasteiger partial charge on any atom is -0.508 e. The molecule has 0 heterocycles. The Hall–Kier alpha value is -1.07. The zero-order valence-electron chi connectivity index (χ0n) is 7.06. The molecule has 0 atom stereocenters. The summed E-state index contributed by atoms with van der Waals surface area (Å²) in [4.78, 5) is -0.0324. The highest BCUT2D eigenvalue weighted by molar-refractivity contribution is 7.90. The Morgan fingerprint density at radius 2 is 2.00 bits per heavy atom. The van der Waals surface area contributed by atoms with Gasteiger partial charge in [0.2, 0.25) is 0 Å². The van der Waals surface area contributed by atoms with Crippen LogP contribution in [0.2, 0.25) is 0 Å². The Bertz CT molecular complexity index is 408. The van der Waals surface area contributed by atoms with Crippen molar-refractivity contribution in [3.63, 3.8) is 0 Å². The van der Waals surface area contributed by atoms with Gasteiger partial charge in [0.1, 0.15) is 5.75 Å². The molecule has 5 heteroatoms. The van der Waals surface area contributed by atoms with Crippen LogP contribution in [0.3, 0.4) is 0 Å². The molecule has 1 aromatic rings. The predicted molar refractivity (Wildman–Crippen MR) is 47.1 cm³/mol. The molecule has 2 N–H and O–H groups in total. The number of aromatic hydroxyl groups is 1. The van der Waals surface area contributed by atoms with Crippen LogP contribution in [0, 0.1) is 0 Å². The van der Waals surface area contributed by atoms with Crippen LogP contribution in [0.25, 0.3) is 0 Å². The normalized spacial score (nSPS) is 11.5. The van der Waals surface area contributed by atoms with Gasteiger partial charge in [-0.15, -0.1) is 0 Å². The van der Waals surface area contributed by atoms with Crippen molar-refractivity contribution in [2.75, 3.05) is 6.26 Å². The number of hydrogen-bond donors (Lipinski definition) is 2. The van der Waals surface area contributed by atoms with Gasteiger partial charge >= 0.3 is 0 Å². The fourth-order valence-corrected chi connectivity index (χ4v) is 2.00. The van der Waals surface area contributed by atoms with E-state index in [-0.39, 0.29) is 16.2 Å². The zero-order chi connectivity index (χ0) is 10.1. The molecular weight excluding hydrogens is 192 g/mol. The summed E-state index contributed by atoms with van der Waals surface area (Å²) in [7, 11) is -3.39. The van der Waals surface area contributed by atoms with Crippen molar-refractivity contribution < 1.29 is 18.6 Å². The number of aliphatic hydroxyl groups is 1. The molecule has 13 heavy (non-hydrogen) atoms. The molecule has 0 saturated carbocycles. The smallest absolute Gasteiger partial charge is 0.176 e. The average molecular weight is 202 g/mol. The number of rotatable bonds is 2. The third-order valence-electron chi connectivity index (χ3n) is 1.67. The molecule has 0 bridgehead atoms. The quantitative estimate of drug-likeness (QED) is 0.722. The first-order valence-corrected chi connectivity index (χ1v) is 5.47. The van der Waals surface area contributed by atoms with Gasteiger partial charge < -0.3 is 10.2 Å². The van der Waals surface area contributed by atoms with Crippen molar-refractivity contribution in [2.24, 2.45) is 0 Å². The standard InChI is InChI=1S/C8H10O4S/c1-13(11,12)8-4-2-3-7(10)6(8)5-9/h2-4,9-10H,5H2,1H3. The molecule has 0 amide bonds. The summed E-state index contributed by atoms with van der Waals surface area (Å²) in [5, 5.41) is 18.1. The monoisotopic (exact) mass is 202 g/mol. The van der Waals surface area contributed by atoms with Crippen molar-refractivity contribution >= 4 is 9.84 Å². The Labute approximate surface area is 76.4 Å². The Kier molecular flexibility index (Phi) is 2.58. The number of aliphatic hydroxyl groups excluding tert-OH is 1. The van der Waals surface area contributed by atoms with E-state index in [0.717, 1.165) is 6.26 Å². The second kappa shape index (κ2) is 3.35. The van der Waals surface area contributed by atoms with Gasteiger partial charge in [0.25, 0.3) is 0 Å². The summed E-state index contributed by atoms with van der Waals surface area (Å²) < 4.78 is 22.3. The molecule has 0 aliphatic heterocycles. The average Bonchev–Trinajstić information content (AvgIpc) is 2.02. The van der Waals surface area contributed by atoms with Gasteiger partial charge in [0.05, 0.1) is 11.5 Å². The van der Waals surface area contributed by atoms with Gasteiger partial charge in [-0.2, -0.15) is 0 Å². The molecule has 0 unspecified atom stereocenters. The minimum absolute atomic E-state index is 0.0324. The molecule has 0 aliphatic carbocycles. The van der Waals surface area contributed by atoms with E-state index in [9.17, 15) is 13.5 Å². The maximum Gasteiger partial charge on any atom is 0.176 e. The Morgan fingerprint density at radius 1 is 1.38 bits per heavy atom. The largest absolute Gasteiger partial charge is 0.508 e. The lowest BCUT2D eigenvalue weighted by molar-refractivity contribution is 0.272. The summed E-state index contributed by atoms with van der Waals surface area (Å²) in [5.74, 6) is -0.203. The fraction of sp³-hybridized carbons (Fsp3) is 0.250. The van der Waals surface area contributed by atoms with Crippen molar-refractivity contribution in [2.45, 2.75) is 11.5 Å². The van der Waals surface area contributed by atoms with Crippen LogP contribution in [0.4, 0.5) is 0 Å². The van der Waals surface area contributed by atoms with Crippen molar-refractivity contribution in [3.05, 3.63) is 23.8 Å². The van der Waals surface area contributed by atoms with Crippen molar-refractivity contribution in [1.29, 1.82) is 0 Å². The first-order valence-electron chi connectivity index (χ1n) is 3.58. The fourth-order valence-electron chi connectivity index (χ4n) is 1.06. The first kappa shape index (κ1) is 10.0. The second-order valence-corrected chi connectivity index (χ2v) is 4.67. The van der Waals surface area contributed by atoms with Gasteiger partial charge in [-0.25, -0.2) is 8.42 Å². The van der Waals surface area contributed by atoms with Gasteiger partial charge in [-0.1, -0.05) is 6.07 Å². The molecule has 0 aromatic heterocycles.